The molecule has 2 aliphatic rings. The highest BCUT2D eigenvalue weighted by Crippen LogP contribution is 2.28. The van der Waals surface area contributed by atoms with Gasteiger partial charge in [-0.3, -0.25) is 0 Å². The van der Waals surface area contributed by atoms with Gasteiger partial charge >= 0.3 is 0 Å². The SMILES string of the molecule is CC(C)CN(c1ccc(CNC2CC2)cn1)C1CCCC1. The van der Waals surface area contributed by atoms with Gasteiger partial charge in [-0.25, -0.2) is 4.98 Å². The van der Waals surface area contributed by atoms with Crippen LogP contribution in [0, 0.1) is 5.92 Å². The molecular formula is C18H29N3. The fraction of sp³-hybridized carbons (Fsp3) is 0.722. The van der Waals surface area contributed by atoms with Gasteiger partial charge in [0, 0.05) is 31.4 Å². The number of aromatic nitrogens is 1. The first kappa shape index (κ1) is 14.8. The molecule has 1 aromatic heterocycles. The molecule has 0 amide bonds. The van der Waals surface area contributed by atoms with E-state index in [4.69, 9.17) is 4.98 Å². The zero-order chi connectivity index (χ0) is 14.7. The van der Waals surface area contributed by atoms with Gasteiger partial charge < -0.3 is 10.2 Å². The summed E-state index contributed by atoms with van der Waals surface area (Å²) in [7, 11) is 0. The molecule has 3 rings (SSSR count). The summed E-state index contributed by atoms with van der Waals surface area (Å²) in [6, 6.07) is 5.95. The summed E-state index contributed by atoms with van der Waals surface area (Å²) in [6.45, 7) is 6.69. The maximum atomic E-state index is 4.76. The Morgan fingerprint density at radius 1 is 1.19 bits per heavy atom. The summed E-state index contributed by atoms with van der Waals surface area (Å²) in [5.74, 6) is 1.86. The number of rotatable bonds is 7. The van der Waals surface area contributed by atoms with E-state index in [0.29, 0.717) is 12.0 Å². The third-order valence-corrected chi connectivity index (χ3v) is 4.60. The van der Waals surface area contributed by atoms with Gasteiger partial charge in [0.25, 0.3) is 0 Å². The minimum Gasteiger partial charge on any atom is -0.353 e. The number of nitrogens with zero attached hydrogens (tertiary/aromatic N) is 2. The van der Waals surface area contributed by atoms with Crippen LogP contribution in [-0.2, 0) is 6.54 Å². The Labute approximate surface area is 129 Å². The fourth-order valence-electron chi connectivity index (χ4n) is 3.28. The van der Waals surface area contributed by atoms with Gasteiger partial charge in [-0.2, -0.15) is 0 Å². The third kappa shape index (κ3) is 4.19. The molecule has 2 fully saturated rings. The fourth-order valence-corrected chi connectivity index (χ4v) is 3.28. The van der Waals surface area contributed by atoms with Gasteiger partial charge in [0.15, 0.2) is 0 Å². The topological polar surface area (TPSA) is 28.2 Å². The number of nitrogens with one attached hydrogen (secondary N) is 1. The van der Waals surface area contributed by atoms with Crippen molar-refractivity contribution in [2.24, 2.45) is 5.92 Å². The maximum Gasteiger partial charge on any atom is 0.128 e. The van der Waals surface area contributed by atoms with Crippen molar-refractivity contribution in [1.29, 1.82) is 0 Å². The molecule has 3 heteroatoms. The zero-order valence-electron chi connectivity index (χ0n) is 13.5. The number of hydrogen-bond donors (Lipinski definition) is 1. The molecule has 0 saturated heterocycles. The summed E-state index contributed by atoms with van der Waals surface area (Å²) in [5.41, 5.74) is 1.31. The minimum absolute atomic E-state index is 0.684. The molecule has 0 aromatic carbocycles. The normalized spacial score (nSPS) is 19.4. The highest BCUT2D eigenvalue weighted by Gasteiger charge is 2.24. The lowest BCUT2D eigenvalue weighted by atomic mass is 10.1. The molecular weight excluding hydrogens is 258 g/mol. The zero-order valence-corrected chi connectivity index (χ0v) is 13.5. The quantitative estimate of drug-likeness (QED) is 0.828. The Hall–Kier alpha value is -1.09. The largest absolute Gasteiger partial charge is 0.353 e. The number of hydrogen-bond acceptors (Lipinski definition) is 3. The van der Waals surface area contributed by atoms with Crippen LogP contribution in [-0.4, -0.2) is 23.6 Å². The highest BCUT2D eigenvalue weighted by atomic mass is 15.2. The van der Waals surface area contributed by atoms with Gasteiger partial charge in [0.2, 0.25) is 0 Å². The molecule has 21 heavy (non-hydrogen) atoms. The molecule has 0 atom stereocenters. The van der Waals surface area contributed by atoms with Crippen LogP contribution in [0.15, 0.2) is 18.3 Å². The molecule has 0 spiro atoms. The second-order valence-corrected chi connectivity index (χ2v) is 7.16. The van der Waals surface area contributed by atoms with Crippen LogP contribution in [0.1, 0.15) is 57.9 Å². The van der Waals surface area contributed by atoms with Crippen LogP contribution in [0.25, 0.3) is 0 Å². The first-order valence-electron chi connectivity index (χ1n) is 8.67. The molecule has 116 valence electrons. The Kier molecular flexibility index (Phi) is 4.79. The molecule has 2 saturated carbocycles. The van der Waals surface area contributed by atoms with Crippen molar-refractivity contribution in [3.63, 3.8) is 0 Å². The van der Waals surface area contributed by atoms with Crippen molar-refractivity contribution < 1.29 is 0 Å². The van der Waals surface area contributed by atoms with Crippen molar-refractivity contribution >= 4 is 5.82 Å². The average molecular weight is 287 g/mol. The van der Waals surface area contributed by atoms with E-state index in [0.717, 1.165) is 19.1 Å². The molecule has 2 aliphatic carbocycles. The second kappa shape index (κ2) is 6.78. The Morgan fingerprint density at radius 2 is 1.95 bits per heavy atom. The number of pyridine rings is 1. The molecule has 1 heterocycles. The van der Waals surface area contributed by atoms with Gasteiger partial charge in [-0.15, -0.1) is 0 Å². The monoisotopic (exact) mass is 287 g/mol. The molecule has 3 nitrogen and oxygen atoms in total. The summed E-state index contributed by atoms with van der Waals surface area (Å²) in [4.78, 5) is 7.31. The summed E-state index contributed by atoms with van der Waals surface area (Å²) in [6.07, 6.45) is 10.2. The lowest BCUT2D eigenvalue weighted by molar-refractivity contribution is 0.531. The van der Waals surface area contributed by atoms with Gasteiger partial charge in [-0.1, -0.05) is 32.8 Å². The first-order chi connectivity index (χ1) is 10.2. The van der Waals surface area contributed by atoms with Crippen LogP contribution in [0.3, 0.4) is 0 Å². The van der Waals surface area contributed by atoms with Gasteiger partial charge in [0.1, 0.15) is 5.82 Å². The van der Waals surface area contributed by atoms with E-state index >= 15 is 0 Å². The van der Waals surface area contributed by atoms with Gasteiger partial charge in [0.05, 0.1) is 0 Å². The van der Waals surface area contributed by atoms with Gasteiger partial charge in [-0.05, 0) is 43.2 Å². The molecule has 1 N–H and O–H groups in total. The predicted molar refractivity (Wildman–Crippen MR) is 88.5 cm³/mol. The van der Waals surface area contributed by atoms with E-state index in [-0.39, 0.29) is 0 Å². The third-order valence-electron chi connectivity index (χ3n) is 4.60. The summed E-state index contributed by atoms with van der Waals surface area (Å²) in [5, 5.41) is 3.56. The molecule has 0 radical (unpaired) electrons. The van der Waals surface area contributed by atoms with E-state index in [1.807, 2.05) is 0 Å². The molecule has 0 unspecified atom stereocenters. The Morgan fingerprint density at radius 3 is 2.52 bits per heavy atom. The second-order valence-electron chi connectivity index (χ2n) is 7.16. The smallest absolute Gasteiger partial charge is 0.128 e. The van der Waals surface area contributed by atoms with Crippen molar-refractivity contribution in [2.75, 3.05) is 11.4 Å². The van der Waals surface area contributed by atoms with Crippen LogP contribution >= 0.6 is 0 Å². The van der Waals surface area contributed by atoms with E-state index < -0.39 is 0 Å². The van der Waals surface area contributed by atoms with Crippen LogP contribution in [0.5, 0.6) is 0 Å². The van der Waals surface area contributed by atoms with Crippen LogP contribution in [0.4, 0.5) is 5.82 Å². The van der Waals surface area contributed by atoms with Crippen molar-refractivity contribution in [3.8, 4) is 0 Å². The maximum absolute atomic E-state index is 4.76. The standard InChI is InChI=1S/C18H29N3/c1-14(2)13-21(17-5-3-4-6-17)18-10-7-15(12-20-18)11-19-16-8-9-16/h7,10,12,14,16-17,19H,3-6,8-9,11,13H2,1-2H3. The van der Waals surface area contributed by atoms with Crippen LogP contribution < -0.4 is 10.2 Å². The van der Waals surface area contributed by atoms with Crippen molar-refractivity contribution in [3.05, 3.63) is 23.9 Å². The van der Waals surface area contributed by atoms with E-state index in [9.17, 15) is 0 Å². The highest BCUT2D eigenvalue weighted by molar-refractivity contribution is 5.41. The average Bonchev–Trinajstić information content (AvgIpc) is 3.15. The lowest BCUT2D eigenvalue weighted by Gasteiger charge is -2.31. The molecule has 0 bridgehead atoms. The van der Waals surface area contributed by atoms with Crippen molar-refractivity contribution in [1.82, 2.24) is 10.3 Å². The molecule has 0 aliphatic heterocycles. The Bertz CT molecular complexity index is 430. The molecule has 1 aromatic rings. The Balaban J connectivity index is 1.65. The summed E-state index contributed by atoms with van der Waals surface area (Å²) >= 11 is 0. The van der Waals surface area contributed by atoms with Crippen molar-refractivity contribution in [2.45, 2.75) is 71.0 Å². The minimum atomic E-state index is 0.684. The summed E-state index contributed by atoms with van der Waals surface area (Å²) < 4.78 is 0. The lowest BCUT2D eigenvalue weighted by Crippen LogP contribution is -2.36. The number of anilines is 1. The van der Waals surface area contributed by atoms with E-state index in [1.165, 1.54) is 49.9 Å². The van der Waals surface area contributed by atoms with E-state index in [1.54, 1.807) is 0 Å². The predicted octanol–water partition coefficient (Wildman–Crippen LogP) is 3.74. The van der Waals surface area contributed by atoms with Crippen LogP contribution in [0.2, 0.25) is 0 Å². The van der Waals surface area contributed by atoms with E-state index in [2.05, 4.69) is 42.4 Å². The first-order valence-corrected chi connectivity index (χ1v) is 8.67.